The van der Waals surface area contributed by atoms with Crippen LogP contribution in [0.4, 0.5) is 28.8 Å². The summed E-state index contributed by atoms with van der Waals surface area (Å²) in [6.07, 6.45) is 8.79. The van der Waals surface area contributed by atoms with Crippen LogP contribution in [0.1, 0.15) is 49.7 Å². The molecule has 1 aliphatic heterocycles. The molecule has 13 heteroatoms. The number of nitrogens with zero attached hydrogens (tertiary/aromatic N) is 7. The number of pyridine rings is 2. The zero-order valence-electron chi connectivity index (χ0n) is 23.9. The molecule has 0 aromatic carbocycles. The third kappa shape index (κ3) is 6.40. The number of carbonyl (C=O) groups excluding carboxylic acids is 2. The van der Waals surface area contributed by atoms with Gasteiger partial charge in [0.15, 0.2) is 11.5 Å². The van der Waals surface area contributed by atoms with E-state index < -0.39 is 0 Å². The first-order chi connectivity index (χ1) is 19.6. The zero-order valence-corrected chi connectivity index (χ0v) is 23.9. The number of carbonyl (C=O) groups is 2. The number of nitrogens with one attached hydrogen (secondary N) is 4. The number of hydrogen-bond acceptors (Lipinski definition) is 10. The van der Waals surface area contributed by atoms with E-state index in [1.165, 1.54) is 19.8 Å². The lowest BCUT2D eigenvalue weighted by atomic mass is 10.0. The summed E-state index contributed by atoms with van der Waals surface area (Å²) in [5.41, 5.74) is 3.82. The van der Waals surface area contributed by atoms with Gasteiger partial charge in [-0.05, 0) is 52.3 Å². The number of fused-ring (bicyclic) bond motifs is 1. The number of amides is 2. The molecule has 1 saturated heterocycles. The molecule has 5 heterocycles. The van der Waals surface area contributed by atoms with E-state index in [1.54, 1.807) is 48.6 Å². The molecule has 4 aromatic heterocycles. The molecule has 0 unspecified atom stereocenters. The molecule has 5 rings (SSSR count). The largest absolute Gasteiger partial charge is 0.351 e. The number of aryl methyl sites for hydroxylation is 2. The van der Waals surface area contributed by atoms with E-state index in [1.807, 2.05) is 6.92 Å². The molecular weight excluding hydrogens is 522 g/mol. The van der Waals surface area contributed by atoms with Crippen molar-refractivity contribution in [2.75, 3.05) is 35.6 Å². The van der Waals surface area contributed by atoms with Gasteiger partial charge in [0.05, 0.1) is 46.1 Å². The highest BCUT2D eigenvalue weighted by molar-refractivity contribution is 5.96. The monoisotopic (exact) mass is 557 g/mol. The topological polar surface area (TPSA) is 155 Å². The van der Waals surface area contributed by atoms with E-state index in [4.69, 9.17) is 0 Å². The molecule has 0 saturated carbocycles. The van der Waals surface area contributed by atoms with Crippen LogP contribution in [0, 0.1) is 6.92 Å². The first-order valence-electron chi connectivity index (χ1n) is 13.6. The summed E-state index contributed by atoms with van der Waals surface area (Å²) in [7, 11) is 1.79. The molecule has 4 aromatic rings. The molecule has 4 N–H and O–H groups in total. The van der Waals surface area contributed by atoms with E-state index in [2.05, 4.69) is 65.0 Å². The van der Waals surface area contributed by atoms with Crippen LogP contribution in [0.25, 0.3) is 11.0 Å². The average molecular weight is 558 g/mol. The fraction of sp³-hybridized carbons (Fsp3) is 0.393. The molecule has 1 fully saturated rings. The fourth-order valence-corrected chi connectivity index (χ4v) is 4.99. The second-order valence-electron chi connectivity index (χ2n) is 10.8. The minimum absolute atomic E-state index is 0.167. The summed E-state index contributed by atoms with van der Waals surface area (Å²) in [6, 6.07) is 3.52. The molecule has 0 atom stereocenters. The summed E-state index contributed by atoms with van der Waals surface area (Å²) in [5, 5.41) is 17.4. The van der Waals surface area contributed by atoms with Crippen LogP contribution in [-0.2, 0) is 11.8 Å². The molecule has 13 nitrogen and oxygen atoms in total. The van der Waals surface area contributed by atoms with Crippen LogP contribution in [0.15, 0.2) is 36.9 Å². The molecular formula is C28H35N11O2. The first-order valence-corrected chi connectivity index (χ1v) is 13.6. The molecule has 0 radical (unpaired) electrons. The van der Waals surface area contributed by atoms with Gasteiger partial charge >= 0.3 is 0 Å². The average Bonchev–Trinajstić information content (AvgIpc) is 3.42. The second kappa shape index (κ2) is 11.5. The molecule has 2 amide bonds. The highest BCUT2D eigenvalue weighted by Crippen LogP contribution is 2.28. The van der Waals surface area contributed by atoms with E-state index in [-0.39, 0.29) is 17.4 Å². The van der Waals surface area contributed by atoms with E-state index in [0.717, 1.165) is 18.8 Å². The predicted molar refractivity (Wildman–Crippen MR) is 158 cm³/mol. The summed E-state index contributed by atoms with van der Waals surface area (Å²) in [5.74, 6) is 0.541. The lowest BCUT2D eigenvalue weighted by molar-refractivity contribution is -0.114. The molecule has 41 heavy (non-hydrogen) atoms. The van der Waals surface area contributed by atoms with Crippen molar-refractivity contribution in [2.24, 2.45) is 7.05 Å². The maximum Gasteiger partial charge on any atom is 0.252 e. The van der Waals surface area contributed by atoms with E-state index in [0.29, 0.717) is 52.0 Å². The molecule has 0 aliphatic carbocycles. The minimum atomic E-state index is -0.185. The van der Waals surface area contributed by atoms with Gasteiger partial charge in [-0.3, -0.25) is 24.5 Å². The Morgan fingerprint density at radius 1 is 1.05 bits per heavy atom. The number of rotatable bonds is 9. The third-order valence-electron chi connectivity index (χ3n) is 7.24. The van der Waals surface area contributed by atoms with Gasteiger partial charge in [-0.15, -0.1) is 0 Å². The van der Waals surface area contributed by atoms with Gasteiger partial charge in [-0.2, -0.15) is 10.1 Å². The summed E-state index contributed by atoms with van der Waals surface area (Å²) < 4.78 is 1.65. The highest BCUT2D eigenvalue weighted by atomic mass is 16.2. The van der Waals surface area contributed by atoms with Crippen LogP contribution in [-0.4, -0.2) is 71.6 Å². The second-order valence-corrected chi connectivity index (χ2v) is 10.8. The number of aromatic nitrogens is 6. The lowest BCUT2D eigenvalue weighted by Crippen LogP contribution is -2.43. The van der Waals surface area contributed by atoms with Gasteiger partial charge in [0.2, 0.25) is 11.9 Å². The normalized spacial score (nSPS) is 14.7. The Labute approximate surface area is 238 Å². The molecule has 1 aliphatic rings. The smallest absolute Gasteiger partial charge is 0.252 e. The van der Waals surface area contributed by atoms with Crippen LogP contribution >= 0.6 is 0 Å². The van der Waals surface area contributed by atoms with Gasteiger partial charge in [-0.25, -0.2) is 9.67 Å². The van der Waals surface area contributed by atoms with Gasteiger partial charge < -0.3 is 21.3 Å². The van der Waals surface area contributed by atoms with Gasteiger partial charge in [-0.1, -0.05) is 0 Å². The number of hydrogen-bond donors (Lipinski definition) is 4. The Morgan fingerprint density at radius 2 is 1.85 bits per heavy atom. The first kappa shape index (κ1) is 27.9. The zero-order chi connectivity index (χ0) is 29.1. The van der Waals surface area contributed by atoms with Crippen LogP contribution < -0.4 is 21.3 Å². The Hall–Kier alpha value is -4.65. The predicted octanol–water partition coefficient (Wildman–Crippen LogP) is 3.51. The van der Waals surface area contributed by atoms with Crippen molar-refractivity contribution in [1.82, 2.24) is 39.9 Å². The van der Waals surface area contributed by atoms with Crippen molar-refractivity contribution in [1.29, 1.82) is 0 Å². The molecule has 214 valence electrons. The van der Waals surface area contributed by atoms with Crippen molar-refractivity contribution >= 4 is 51.7 Å². The summed E-state index contributed by atoms with van der Waals surface area (Å²) >= 11 is 0. The Balaban J connectivity index is 1.28. The van der Waals surface area contributed by atoms with Crippen molar-refractivity contribution in [3.63, 3.8) is 0 Å². The van der Waals surface area contributed by atoms with Gasteiger partial charge in [0.1, 0.15) is 0 Å². The number of anilines is 5. The van der Waals surface area contributed by atoms with Gasteiger partial charge in [0.25, 0.3) is 5.91 Å². The minimum Gasteiger partial charge on any atom is -0.351 e. The van der Waals surface area contributed by atoms with Crippen LogP contribution in [0.3, 0.4) is 0 Å². The number of likely N-dealkylation sites (tertiary alicyclic amines) is 1. The van der Waals surface area contributed by atoms with Crippen molar-refractivity contribution < 1.29 is 9.59 Å². The van der Waals surface area contributed by atoms with Crippen molar-refractivity contribution in [3.05, 3.63) is 48.2 Å². The standard InChI is InChI=1S/C28H35N11O2/c1-17-23(11-19(13-31-17)26(41)30-8-10-39-9-6-7-28(39,3)4)35-24-22-16-32-27(36-25(22)38(5)37-24)34-21-12-20(14-29-15-21)33-18(2)40/h11-16H,6-10H2,1-5H3,(H,30,41)(H,33,40)(H,35,37)(H,32,34,36). The van der Waals surface area contributed by atoms with Crippen LogP contribution in [0.5, 0.6) is 0 Å². The van der Waals surface area contributed by atoms with Gasteiger partial charge in [0, 0.05) is 45.0 Å². The van der Waals surface area contributed by atoms with Crippen molar-refractivity contribution in [2.45, 2.75) is 46.1 Å². The van der Waals surface area contributed by atoms with Crippen LogP contribution in [0.2, 0.25) is 0 Å². The Bertz CT molecular complexity index is 1600. The molecule has 0 spiro atoms. The maximum atomic E-state index is 12.9. The molecule has 0 bridgehead atoms. The third-order valence-corrected chi connectivity index (χ3v) is 7.24. The summed E-state index contributed by atoms with van der Waals surface area (Å²) in [4.78, 5) is 44.3. The van der Waals surface area contributed by atoms with E-state index >= 15 is 0 Å². The Morgan fingerprint density at radius 3 is 2.61 bits per heavy atom. The highest BCUT2D eigenvalue weighted by Gasteiger charge is 2.31. The quantitative estimate of drug-likeness (QED) is 0.240. The van der Waals surface area contributed by atoms with E-state index in [9.17, 15) is 9.59 Å². The maximum absolute atomic E-state index is 12.9. The SMILES string of the molecule is CC(=O)Nc1cncc(Nc2ncc3c(Nc4cc(C(=O)NCCN5CCCC5(C)C)cnc4C)nn(C)c3n2)c1. The summed E-state index contributed by atoms with van der Waals surface area (Å²) in [6.45, 7) is 10.3. The van der Waals surface area contributed by atoms with Crippen molar-refractivity contribution in [3.8, 4) is 0 Å². The lowest BCUT2D eigenvalue weighted by Gasteiger charge is -2.31. The Kier molecular flexibility index (Phi) is 7.79. The fourth-order valence-electron chi connectivity index (χ4n) is 4.99.